The van der Waals surface area contributed by atoms with Crippen molar-refractivity contribution in [3.05, 3.63) is 29.6 Å². The molecule has 16 heavy (non-hydrogen) atoms. The van der Waals surface area contributed by atoms with Crippen LogP contribution in [0.5, 0.6) is 0 Å². The van der Waals surface area contributed by atoms with Crippen molar-refractivity contribution in [3.8, 4) is 0 Å². The molecule has 5 nitrogen and oxygen atoms in total. The van der Waals surface area contributed by atoms with Crippen molar-refractivity contribution < 1.29 is 19.4 Å². The number of primary amides is 1. The van der Waals surface area contributed by atoms with Crippen molar-refractivity contribution in [2.75, 3.05) is 5.73 Å². The largest absolute Gasteiger partial charge is 0.399 e. The Morgan fingerprint density at radius 1 is 1.38 bits per heavy atom. The Labute approximate surface area is 91.5 Å². The second-order valence-electron chi connectivity index (χ2n) is 3.50. The zero-order valence-electron chi connectivity index (χ0n) is 8.43. The summed E-state index contributed by atoms with van der Waals surface area (Å²) >= 11 is 0. The molecule has 1 amide bonds. The van der Waals surface area contributed by atoms with Gasteiger partial charge in [0.05, 0.1) is 12.5 Å². The number of benzene rings is 1. The third-order valence-electron chi connectivity index (χ3n) is 2.06. The molecule has 0 aliphatic rings. The second kappa shape index (κ2) is 4.91. The number of amides is 1. The van der Waals surface area contributed by atoms with Crippen LogP contribution in [-0.2, 0) is 4.79 Å². The van der Waals surface area contributed by atoms with Gasteiger partial charge in [-0.1, -0.05) is 0 Å². The molecule has 0 spiro atoms. The van der Waals surface area contributed by atoms with Crippen molar-refractivity contribution >= 4 is 11.6 Å². The van der Waals surface area contributed by atoms with E-state index < -0.39 is 30.4 Å². The molecular formula is C10H13FN2O3. The predicted octanol–water partition coefficient (Wildman–Crippen LogP) is -0.322. The minimum atomic E-state index is -1.40. The summed E-state index contributed by atoms with van der Waals surface area (Å²) in [4.78, 5) is 10.5. The molecular weight excluding hydrogens is 215 g/mol. The van der Waals surface area contributed by atoms with Gasteiger partial charge in [0, 0.05) is 5.69 Å². The van der Waals surface area contributed by atoms with Crippen molar-refractivity contribution in [3.63, 3.8) is 0 Å². The van der Waals surface area contributed by atoms with Crippen LogP contribution in [0.15, 0.2) is 18.2 Å². The van der Waals surface area contributed by atoms with Gasteiger partial charge in [-0.15, -0.1) is 0 Å². The van der Waals surface area contributed by atoms with E-state index in [1.54, 1.807) is 0 Å². The zero-order valence-corrected chi connectivity index (χ0v) is 8.43. The summed E-state index contributed by atoms with van der Waals surface area (Å²) < 4.78 is 12.9. The van der Waals surface area contributed by atoms with E-state index in [2.05, 4.69) is 0 Å². The van der Waals surface area contributed by atoms with Gasteiger partial charge in [-0.25, -0.2) is 4.39 Å². The lowest BCUT2D eigenvalue weighted by Crippen LogP contribution is -2.25. The van der Waals surface area contributed by atoms with Gasteiger partial charge >= 0.3 is 0 Å². The molecule has 0 aliphatic heterocycles. The van der Waals surface area contributed by atoms with E-state index in [9.17, 15) is 19.4 Å². The van der Waals surface area contributed by atoms with Crippen LogP contribution < -0.4 is 11.5 Å². The Morgan fingerprint density at radius 2 is 2.00 bits per heavy atom. The molecule has 0 heterocycles. The van der Waals surface area contributed by atoms with Crippen LogP contribution in [0.1, 0.15) is 18.1 Å². The molecule has 88 valence electrons. The maximum Gasteiger partial charge on any atom is 0.220 e. The zero-order chi connectivity index (χ0) is 12.3. The minimum Gasteiger partial charge on any atom is -0.399 e. The molecule has 0 aromatic heterocycles. The number of nitrogens with two attached hydrogens (primary N) is 2. The fourth-order valence-corrected chi connectivity index (χ4v) is 1.35. The smallest absolute Gasteiger partial charge is 0.220 e. The van der Waals surface area contributed by atoms with Gasteiger partial charge in [0.15, 0.2) is 0 Å². The third kappa shape index (κ3) is 3.18. The summed E-state index contributed by atoms with van der Waals surface area (Å²) in [6.07, 6.45) is -3.18. The van der Waals surface area contributed by atoms with E-state index in [0.29, 0.717) is 0 Å². The molecule has 6 N–H and O–H groups in total. The van der Waals surface area contributed by atoms with E-state index in [0.717, 1.165) is 12.1 Å². The number of rotatable bonds is 4. The van der Waals surface area contributed by atoms with Gasteiger partial charge in [-0.3, -0.25) is 4.79 Å². The number of hydrogen-bond acceptors (Lipinski definition) is 4. The van der Waals surface area contributed by atoms with Crippen LogP contribution in [0, 0.1) is 5.82 Å². The predicted molar refractivity (Wildman–Crippen MR) is 55.6 cm³/mol. The fourth-order valence-electron chi connectivity index (χ4n) is 1.35. The van der Waals surface area contributed by atoms with Crippen LogP contribution in [0.2, 0.25) is 0 Å². The molecule has 0 fully saturated rings. The lowest BCUT2D eigenvalue weighted by atomic mass is 10.0. The normalized spacial score (nSPS) is 14.4. The summed E-state index contributed by atoms with van der Waals surface area (Å²) in [6, 6.07) is 3.43. The summed E-state index contributed by atoms with van der Waals surface area (Å²) in [5.41, 5.74) is 10.5. The molecule has 0 bridgehead atoms. The van der Waals surface area contributed by atoms with Gasteiger partial charge in [0.25, 0.3) is 0 Å². The monoisotopic (exact) mass is 228 g/mol. The number of carbonyl (C=O) groups is 1. The van der Waals surface area contributed by atoms with Crippen LogP contribution in [0.3, 0.4) is 0 Å². The highest BCUT2D eigenvalue weighted by Gasteiger charge is 2.21. The molecule has 0 saturated carbocycles. The van der Waals surface area contributed by atoms with E-state index >= 15 is 0 Å². The molecule has 1 aromatic carbocycles. The highest BCUT2D eigenvalue weighted by Crippen LogP contribution is 2.22. The van der Waals surface area contributed by atoms with Crippen LogP contribution in [0.25, 0.3) is 0 Å². The number of anilines is 1. The molecule has 0 radical (unpaired) electrons. The van der Waals surface area contributed by atoms with Crippen LogP contribution in [-0.4, -0.2) is 22.2 Å². The number of halogens is 1. The van der Waals surface area contributed by atoms with Crippen molar-refractivity contribution in [2.24, 2.45) is 5.73 Å². The molecule has 2 unspecified atom stereocenters. The number of carbonyl (C=O) groups excluding carboxylic acids is 1. The highest BCUT2D eigenvalue weighted by molar-refractivity contribution is 5.74. The fraction of sp³-hybridized carbons (Fsp3) is 0.300. The van der Waals surface area contributed by atoms with E-state index in [1.165, 1.54) is 6.07 Å². The quantitative estimate of drug-likeness (QED) is 0.529. The first-order valence-electron chi connectivity index (χ1n) is 4.60. The number of aliphatic hydroxyl groups is 2. The molecule has 6 heteroatoms. The lowest BCUT2D eigenvalue weighted by molar-refractivity contribution is -0.121. The molecule has 1 rings (SSSR count). The van der Waals surface area contributed by atoms with Gasteiger partial charge in [-0.05, 0) is 23.8 Å². The molecule has 0 aliphatic carbocycles. The van der Waals surface area contributed by atoms with Crippen molar-refractivity contribution in [2.45, 2.75) is 18.6 Å². The van der Waals surface area contributed by atoms with Gasteiger partial charge in [0.1, 0.15) is 11.9 Å². The lowest BCUT2D eigenvalue weighted by Gasteiger charge is -2.17. The van der Waals surface area contributed by atoms with Gasteiger partial charge in [0.2, 0.25) is 5.91 Å². The number of aliphatic hydroxyl groups excluding tert-OH is 2. The average Bonchev–Trinajstić information content (AvgIpc) is 2.13. The first-order chi connectivity index (χ1) is 7.40. The SMILES string of the molecule is NC(=O)CC(O)C(O)c1cc(N)cc(F)c1. The summed E-state index contributed by atoms with van der Waals surface area (Å²) in [5, 5.41) is 19.0. The van der Waals surface area contributed by atoms with Crippen LogP contribution in [0.4, 0.5) is 10.1 Å². The highest BCUT2D eigenvalue weighted by atomic mass is 19.1. The Balaban J connectivity index is 2.86. The Kier molecular flexibility index (Phi) is 3.81. The summed E-state index contributed by atoms with van der Waals surface area (Å²) in [5.74, 6) is -1.38. The maximum atomic E-state index is 12.9. The number of hydrogen-bond donors (Lipinski definition) is 4. The second-order valence-corrected chi connectivity index (χ2v) is 3.50. The minimum absolute atomic E-state index is 0.103. The van der Waals surface area contributed by atoms with Crippen LogP contribution >= 0.6 is 0 Å². The molecule has 0 saturated heterocycles. The van der Waals surface area contributed by atoms with Crippen molar-refractivity contribution in [1.29, 1.82) is 0 Å². The summed E-state index contributed by atoms with van der Waals surface area (Å²) in [7, 11) is 0. The van der Waals surface area contributed by atoms with E-state index in [-0.39, 0.29) is 11.3 Å². The topological polar surface area (TPSA) is 110 Å². The first kappa shape index (κ1) is 12.4. The Bertz CT molecular complexity index is 377. The third-order valence-corrected chi connectivity index (χ3v) is 2.06. The average molecular weight is 228 g/mol. The number of nitrogen functional groups attached to an aromatic ring is 1. The van der Waals surface area contributed by atoms with Gasteiger partial charge < -0.3 is 21.7 Å². The standard InChI is InChI=1S/C10H13FN2O3/c11-6-1-5(2-7(12)3-6)10(16)8(14)4-9(13)15/h1-3,8,10,14,16H,4,12H2,(H2,13,15). The first-order valence-corrected chi connectivity index (χ1v) is 4.60. The maximum absolute atomic E-state index is 12.9. The Morgan fingerprint density at radius 3 is 2.50 bits per heavy atom. The van der Waals surface area contributed by atoms with Gasteiger partial charge in [-0.2, -0.15) is 0 Å². The van der Waals surface area contributed by atoms with E-state index in [4.69, 9.17) is 11.5 Å². The molecule has 2 atom stereocenters. The van der Waals surface area contributed by atoms with E-state index in [1.807, 2.05) is 0 Å². The van der Waals surface area contributed by atoms with Crippen molar-refractivity contribution in [1.82, 2.24) is 0 Å². The Hall–Kier alpha value is -1.66. The molecule has 1 aromatic rings. The summed E-state index contributed by atoms with van der Waals surface area (Å²) in [6.45, 7) is 0.